The van der Waals surface area contributed by atoms with Crippen molar-refractivity contribution in [2.75, 3.05) is 18.6 Å². The van der Waals surface area contributed by atoms with Gasteiger partial charge in [-0.25, -0.2) is 18.2 Å². The maximum Gasteiger partial charge on any atom is 0.408 e. The lowest BCUT2D eigenvalue weighted by Gasteiger charge is -2.30. The van der Waals surface area contributed by atoms with Crippen LogP contribution >= 0.6 is 11.3 Å². The Morgan fingerprint density at radius 3 is 2.07 bits per heavy atom. The van der Waals surface area contributed by atoms with Gasteiger partial charge in [0.15, 0.2) is 0 Å². The lowest BCUT2D eigenvalue weighted by molar-refractivity contribution is -0.132. The van der Waals surface area contributed by atoms with Crippen molar-refractivity contribution >= 4 is 45.0 Å². The number of thiazole rings is 1. The summed E-state index contributed by atoms with van der Waals surface area (Å²) in [7, 11) is -3.71. The van der Waals surface area contributed by atoms with Gasteiger partial charge in [-0.15, -0.1) is 11.3 Å². The molecule has 0 aliphatic rings. The van der Waals surface area contributed by atoms with Crippen LogP contribution in [-0.2, 0) is 35.6 Å². The smallest absolute Gasteiger partial charge is 0.408 e. The number of amides is 4. The Balaban J connectivity index is 2.95. The lowest BCUT2D eigenvalue weighted by atomic mass is 9.91. The molecule has 1 heterocycles. The van der Waals surface area contributed by atoms with E-state index in [2.05, 4.69) is 26.3 Å². The Bertz CT molecular complexity index is 1200. The molecule has 1 rings (SSSR count). The molecule has 0 radical (unpaired) electrons. The predicted octanol–water partition coefficient (Wildman–Crippen LogP) is 1.92. The molecule has 0 spiro atoms. The number of aliphatic hydroxyl groups is 1. The number of aromatic nitrogens is 1. The maximum atomic E-state index is 13.3. The van der Waals surface area contributed by atoms with Crippen molar-refractivity contribution in [1.82, 2.24) is 26.3 Å². The molecule has 13 nitrogen and oxygen atoms in total. The molecule has 4 amide bonds. The molecule has 5 atom stereocenters. The second-order valence-corrected chi connectivity index (χ2v) is 15.7. The number of nitrogens with zero attached hydrogens (tertiary/aromatic N) is 1. The highest BCUT2D eigenvalue weighted by Crippen LogP contribution is 2.17. The number of aryl methyl sites for hydroxylation is 1. The zero-order valence-corrected chi connectivity index (χ0v) is 28.9. The van der Waals surface area contributed by atoms with Crippen molar-refractivity contribution in [3.63, 3.8) is 0 Å². The fourth-order valence-corrected chi connectivity index (χ4v) is 5.77. The number of ether oxygens (including phenoxy) is 1. The molecular formula is C29H51N5O8S2. The number of rotatable bonds is 18. The van der Waals surface area contributed by atoms with Crippen LogP contribution in [0.15, 0.2) is 5.38 Å². The third-order valence-corrected chi connectivity index (χ3v) is 8.44. The van der Waals surface area contributed by atoms with E-state index in [1.165, 1.54) is 11.3 Å². The minimum absolute atomic E-state index is 0.0158. The largest absolute Gasteiger partial charge is 0.442 e. The number of nitrogens with one attached hydrogen (secondary N) is 4. The average Bonchev–Trinajstić information content (AvgIpc) is 3.31. The van der Waals surface area contributed by atoms with E-state index in [1.807, 2.05) is 41.5 Å². The second-order valence-electron chi connectivity index (χ2n) is 12.6. The third-order valence-electron chi connectivity index (χ3n) is 6.56. The SMILES string of the molecule is Cc1csc(COC(=O)N[C@@H](CS(C)(=O)=O)C(=O)N[C@@H](CC(C)C)[C@@H](O)C[C@@H](C)C(=O)N[C@H](C(=O)NCC(C)C)C(C)C)n1. The standard InChI is InChI=1S/C29H51N5O8S2/c1-16(2)10-21(23(35)11-19(7)26(36)34-25(18(5)6)28(38)30-12-17(3)4)32-27(37)22(15-44(9,40)41)33-29(39)42-13-24-31-20(8)14-43-24/h14,16-19,21-23,25,35H,10-13,15H2,1-9H3,(H,30,38)(H,32,37)(H,33,39)(H,34,36)/t19-,21+,22+,23+,25+/m1/s1. The van der Waals surface area contributed by atoms with Crippen LogP contribution < -0.4 is 21.3 Å². The first-order valence-electron chi connectivity index (χ1n) is 14.9. The summed E-state index contributed by atoms with van der Waals surface area (Å²) in [6.45, 7) is 15.1. The molecule has 44 heavy (non-hydrogen) atoms. The van der Waals surface area contributed by atoms with Crippen molar-refractivity contribution in [3.05, 3.63) is 16.1 Å². The molecule has 15 heteroatoms. The summed E-state index contributed by atoms with van der Waals surface area (Å²) in [6.07, 6.45) is -0.973. The van der Waals surface area contributed by atoms with Crippen molar-refractivity contribution in [2.45, 2.75) is 99.1 Å². The maximum absolute atomic E-state index is 13.3. The van der Waals surface area contributed by atoms with Crippen molar-refractivity contribution in [2.24, 2.45) is 23.7 Å². The van der Waals surface area contributed by atoms with Crippen LogP contribution in [0.2, 0.25) is 0 Å². The van der Waals surface area contributed by atoms with E-state index in [0.717, 1.165) is 11.9 Å². The highest BCUT2D eigenvalue weighted by molar-refractivity contribution is 7.90. The summed E-state index contributed by atoms with van der Waals surface area (Å²) in [5, 5.41) is 24.0. The van der Waals surface area contributed by atoms with Crippen LogP contribution in [0.4, 0.5) is 4.79 Å². The Labute approximate surface area is 265 Å². The summed E-state index contributed by atoms with van der Waals surface area (Å²) >= 11 is 1.29. The zero-order chi connectivity index (χ0) is 33.8. The van der Waals surface area contributed by atoms with Gasteiger partial charge in [-0.05, 0) is 37.5 Å². The van der Waals surface area contributed by atoms with Gasteiger partial charge in [0, 0.05) is 29.8 Å². The molecule has 0 saturated carbocycles. The number of carbonyl (C=O) groups is 4. The summed E-state index contributed by atoms with van der Waals surface area (Å²) in [5.74, 6) is -2.85. The van der Waals surface area contributed by atoms with Crippen LogP contribution in [0.1, 0.15) is 72.0 Å². The van der Waals surface area contributed by atoms with E-state index in [0.29, 0.717) is 18.0 Å². The zero-order valence-electron chi connectivity index (χ0n) is 27.3. The summed E-state index contributed by atoms with van der Waals surface area (Å²) in [4.78, 5) is 55.6. The highest BCUT2D eigenvalue weighted by Gasteiger charge is 2.33. The quantitative estimate of drug-likeness (QED) is 0.156. The average molecular weight is 662 g/mol. The Morgan fingerprint density at radius 2 is 1.57 bits per heavy atom. The molecule has 1 aromatic rings. The molecule has 0 saturated heterocycles. The van der Waals surface area contributed by atoms with Gasteiger partial charge in [-0.1, -0.05) is 48.5 Å². The number of alkyl carbamates (subject to hydrolysis) is 1. The van der Waals surface area contributed by atoms with Crippen LogP contribution in [0, 0.1) is 30.6 Å². The molecule has 1 aromatic heterocycles. The van der Waals surface area contributed by atoms with Crippen LogP contribution in [0.25, 0.3) is 0 Å². The number of aliphatic hydroxyl groups excluding tert-OH is 1. The minimum atomic E-state index is -3.71. The molecule has 0 aliphatic heterocycles. The van der Waals surface area contributed by atoms with Crippen molar-refractivity contribution < 1.29 is 37.4 Å². The van der Waals surface area contributed by atoms with Crippen molar-refractivity contribution in [1.29, 1.82) is 0 Å². The van der Waals surface area contributed by atoms with Gasteiger partial charge in [0.05, 0.1) is 17.9 Å². The number of hydrogen-bond donors (Lipinski definition) is 5. The number of sulfone groups is 1. The van der Waals surface area contributed by atoms with Gasteiger partial charge < -0.3 is 31.1 Å². The summed E-state index contributed by atoms with van der Waals surface area (Å²) < 4.78 is 29.3. The highest BCUT2D eigenvalue weighted by atomic mass is 32.2. The molecule has 0 fully saturated rings. The molecule has 0 aromatic carbocycles. The van der Waals surface area contributed by atoms with E-state index >= 15 is 0 Å². The fourth-order valence-electron chi connectivity index (χ4n) is 4.25. The van der Waals surface area contributed by atoms with Gasteiger partial charge in [-0.3, -0.25) is 14.4 Å². The van der Waals surface area contributed by atoms with Crippen LogP contribution in [0.3, 0.4) is 0 Å². The molecule has 0 aliphatic carbocycles. The molecule has 0 unspecified atom stereocenters. The monoisotopic (exact) mass is 661 g/mol. The van der Waals surface area contributed by atoms with E-state index in [1.54, 1.807) is 19.2 Å². The van der Waals surface area contributed by atoms with E-state index < -0.39 is 63.6 Å². The fraction of sp³-hybridized carbons (Fsp3) is 0.759. The molecule has 5 N–H and O–H groups in total. The molecule has 252 valence electrons. The summed E-state index contributed by atoms with van der Waals surface area (Å²) in [6, 6.07) is -3.10. The van der Waals surface area contributed by atoms with Gasteiger partial charge in [0.1, 0.15) is 33.5 Å². The Hall–Kier alpha value is -2.78. The van der Waals surface area contributed by atoms with E-state index in [4.69, 9.17) is 4.74 Å². The van der Waals surface area contributed by atoms with Crippen molar-refractivity contribution in [3.8, 4) is 0 Å². The van der Waals surface area contributed by atoms with E-state index in [-0.39, 0.29) is 36.7 Å². The van der Waals surface area contributed by atoms with Gasteiger partial charge in [-0.2, -0.15) is 0 Å². The van der Waals surface area contributed by atoms with Crippen LogP contribution in [0.5, 0.6) is 0 Å². The Morgan fingerprint density at radius 1 is 0.932 bits per heavy atom. The van der Waals surface area contributed by atoms with Crippen LogP contribution in [-0.4, -0.2) is 85.1 Å². The number of hydrogen-bond acceptors (Lipinski definition) is 10. The predicted molar refractivity (Wildman–Crippen MR) is 169 cm³/mol. The van der Waals surface area contributed by atoms with Gasteiger partial charge >= 0.3 is 6.09 Å². The topological polar surface area (TPSA) is 193 Å². The van der Waals surface area contributed by atoms with E-state index in [9.17, 15) is 32.7 Å². The lowest BCUT2D eigenvalue weighted by Crippen LogP contribution is -2.55. The molecule has 0 bridgehead atoms. The first-order chi connectivity index (χ1) is 20.3. The second kappa shape index (κ2) is 18.3. The third kappa shape index (κ3) is 15.3. The number of carbonyl (C=O) groups excluding carboxylic acids is 4. The normalized spacial score (nSPS) is 15.3. The minimum Gasteiger partial charge on any atom is -0.442 e. The molecular weight excluding hydrogens is 610 g/mol. The van der Waals surface area contributed by atoms with Gasteiger partial charge in [0.25, 0.3) is 0 Å². The Kier molecular flexibility index (Phi) is 16.3. The van der Waals surface area contributed by atoms with Gasteiger partial charge in [0.2, 0.25) is 17.7 Å². The summed E-state index contributed by atoms with van der Waals surface area (Å²) in [5.41, 5.74) is 0.761. The first kappa shape index (κ1) is 39.2. The first-order valence-corrected chi connectivity index (χ1v) is 17.8.